The molecule has 1 heterocycles. The smallest absolute Gasteiger partial charge is 0.241 e. The molecule has 0 bridgehead atoms. The molecular formula is C16H23N3O2S. The van der Waals surface area contributed by atoms with Crippen LogP contribution in [0.2, 0.25) is 0 Å². The van der Waals surface area contributed by atoms with Gasteiger partial charge in [0.05, 0.1) is 6.04 Å². The first-order valence-electron chi connectivity index (χ1n) is 7.57. The molecule has 6 heteroatoms. The van der Waals surface area contributed by atoms with Gasteiger partial charge in [-0.2, -0.15) is 11.8 Å². The first kappa shape index (κ1) is 16.8. The maximum Gasteiger partial charge on any atom is 0.241 e. The zero-order valence-corrected chi connectivity index (χ0v) is 13.7. The van der Waals surface area contributed by atoms with Crippen molar-refractivity contribution in [3.63, 3.8) is 0 Å². The summed E-state index contributed by atoms with van der Waals surface area (Å²) in [6, 6.07) is 6.89. The van der Waals surface area contributed by atoms with Crippen LogP contribution in [0.1, 0.15) is 25.7 Å². The van der Waals surface area contributed by atoms with Crippen molar-refractivity contribution in [3.8, 4) is 0 Å². The van der Waals surface area contributed by atoms with Gasteiger partial charge in [-0.25, -0.2) is 0 Å². The molecule has 1 aliphatic heterocycles. The number of piperidine rings is 1. The molecule has 1 aromatic carbocycles. The molecule has 1 unspecified atom stereocenters. The number of amides is 2. The van der Waals surface area contributed by atoms with Gasteiger partial charge in [-0.05, 0) is 49.5 Å². The Morgan fingerprint density at radius 1 is 1.45 bits per heavy atom. The first-order valence-corrected chi connectivity index (χ1v) is 8.97. The van der Waals surface area contributed by atoms with Crippen molar-refractivity contribution in [1.82, 2.24) is 0 Å². The van der Waals surface area contributed by atoms with Crippen LogP contribution in [0.4, 0.5) is 11.4 Å². The lowest BCUT2D eigenvalue weighted by molar-refractivity contribution is -0.119. The van der Waals surface area contributed by atoms with E-state index in [0.717, 1.165) is 30.8 Å². The van der Waals surface area contributed by atoms with Crippen LogP contribution in [0.15, 0.2) is 24.3 Å². The largest absolute Gasteiger partial charge is 0.325 e. The normalized spacial score (nSPS) is 16.5. The minimum Gasteiger partial charge on any atom is -0.325 e. The quantitative estimate of drug-likeness (QED) is 0.842. The van der Waals surface area contributed by atoms with Crippen LogP contribution >= 0.6 is 11.8 Å². The van der Waals surface area contributed by atoms with Crippen LogP contribution in [-0.4, -0.2) is 36.4 Å². The van der Waals surface area contributed by atoms with E-state index in [0.29, 0.717) is 18.5 Å². The number of nitrogens with zero attached hydrogens (tertiary/aromatic N) is 1. The van der Waals surface area contributed by atoms with E-state index >= 15 is 0 Å². The standard InChI is InChI=1S/C16H23N3O2S/c1-22-10-8-14(17)16(21)18-12-5-4-6-13(11-12)19-9-3-2-7-15(19)20/h4-6,11,14H,2-3,7-10,17H2,1H3,(H,18,21). The van der Waals surface area contributed by atoms with E-state index in [1.165, 1.54) is 0 Å². The number of benzene rings is 1. The van der Waals surface area contributed by atoms with Crippen molar-refractivity contribution >= 4 is 35.0 Å². The summed E-state index contributed by atoms with van der Waals surface area (Å²) in [6.07, 6.45) is 5.20. The number of anilines is 2. The molecular weight excluding hydrogens is 298 g/mol. The second-order valence-corrected chi connectivity index (χ2v) is 6.42. The SMILES string of the molecule is CSCCC(N)C(=O)Nc1cccc(N2CCCCC2=O)c1. The molecule has 0 saturated carbocycles. The third-order valence-electron chi connectivity index (χ3n) is 3.72. The summed E-state index contributed by atoms with van der Waals surface area (Å²) in [4.78, 5) is 25.8. The van der Waals surface area contributed by atoms with Gasteiger partial charge in [-0.1, -0.05) is 6.07 Å². The van der Waals surface area contributed by atoms with Gasteiger partial charge in [-0.3, -0.25) is 9.59 Å². The maximum atomic E-state index is 12.0. The van der Waals surface area contributed by atoms with Gasteiger partial charge in [0.2, 0.25) is 11.8 Å². The maximum absolute atomic E-state index is 12.0. The molecule has 1 aliphatic rings. The van der Waals surface area contributed by atoms with E-state index < -0.39 is 6.04 Å². The minimum absolute atomic E-state index is 0.145. The molecule has 5 nitrogen and oxygen atoms in total. The average molecular weight is 321 g/mol. The Hall–Kier alpha value is -1.53. The number of hydrogen-bond acceptors (Lipinski definition) is 4. The van der Waals surface area contributed by atoms with Crippen LogP contribution in [0.5, 0.6) is 0 Å². The molecule has 1 aromatic rings. The van der Waals surface area contributed by atoms with Crippen LogP contribution in [0.25, 0.3) is 0 Å². The highest BCUT2D eigenvalue weighted by atomic mass is 32.2. The third kappa shape index (κ3) is 4.48. The summed E-state index contributed by atoms with van der Waals surface area (Å²) in [7, 11) is 0. The Balaban J connectivity index is 2.02. The van der Waals surface area contributed by atoms with Crippen molar-refractivity contribution in [2.45, 2.75) is 31.7 Å². The molecule has 22 heavy (non-hydrogen) atoms. The summed E-state index contributed by atoms with van der Waals surface area (Å²) >= 11 is 1.67. The molecule has 3 N–H and O–H groups in total. The van der Waals surface area contributed by atoms with Crippen molar-refractivity contribution in [1.29, 1.82) is 0 Å². The number of nitrogens with two attached hydrogens (primary N) is 1. The predicted octanol–water partition coefficient (Wildman–Crippen LogP) is 2.22. The Morgan fingerprint density at radius 2 is 2.27 bits per heavy atom. The van der Waals surface area contributed by atoms with Gasteiger partial charge < -0.3 is 16.0 Å². The van der Waals surface area contributed by atoms with Crippen LogP contribution in [0.3, 0.4) is 0 Å². The van der Waals surface area contributed by atoms with Crippen LogP contribution < -0.4 is 16.0 Å². The highest BCUT2D eigenvalue weighted by molar-refractivity contribution is 7.98. The third-order valence-corrected chi connectivity index (χ3v) is 4.36. The highest BCUT2D eigenvalue weighted by Crippen LogP contribution is 2.24. The molecule has 0 spiro atoms. The fourth-order valence-corrected chi connectivity index (χ4v) is 2.93. The number of nitrogens with one attached hydrogen (secondary N) is 1. The lowest BCUT2D eigenvalue weighted by Crippen LogP contribution is -2.36. The average Bonchev–Trinajstić information content (AvgIpc) is 2.53. The molecule has 1 fully saturated rings. The van der Waals surface area contributed by atoms with Crippen molar-refractivity contribution in [2.75, 3.05) is 28.8 Å². The lowest BCUT2D eigenvalue weighted by atomic mass is 10.1. The Kier molecular flexibility index (Phi) is 6.27. The Labute approximate surface area is 135 Å². The summed E-state index contributed by atoms with van der Waals surface area (Å²) < 4.78 is 0. The number of rotatable bonds is 6. The fourth-order valence-electron chi connectivity index (χ4n) is 2.44. The molecule has 120 valence electrons. The van der Waals surface area contributed by atoms with Gasteiger partial charge in [0, 0.05) is 24.3 Å². The number of carbonyl (C=O) groups is 2. The lowest BCUT2D eigenvalue weighted by Gasteiger charge is -2.27. The fraction of sp³-hybridized carbons (Fsp3) is 0.500. The summed E-state index contributed by atoms with van der Waals surface area (Å²) in [5, 5.41) is 2.83. The Morgan fingerprint density at radius 3 is 3.00 bits per heavy atom. The molecule has 0 aliphatic carbocycles. The number of hydrogen-bond donors (Lipinski definition) is 2. The second-order valence-electron chi connectivity index (χ2n) is 5.43. The molecule has 2 rings (SSSR count). The molecule has 0 aromatic heterocycles. The van der Waals surface area contributed by atoms with Gasteiger partial charge in [0.15, 0.2) is 0 Å². The van der Waals surface area contributed by atoms with Gasteiger partial charge >= 0.3 is 0 Å². The van der Waals surface area contributed by atoms with Gasteiger partial charge in [-0.15, -0.1) is 0 Å². The second kappa shape index (κ2) is 8.19. The van der Waals surface area contributed by atoms with E-state index in [1.807, 2.05) is 30.5 Å². The van der Waals surface area contributed by atoms with Crippen LogP contribution in [0, 0.1) is 0 Å². The molecule has 0 radical (unpaired) electrons. The van der Waals surface area contributed by atoms with Gasteiger partial charge in [0.25, 0.3) is 0 Å². The molecule has 1 atom stereocenters. The van der Waals surface area contributed by atoms with Crippen molar-refractivity contribution < 1.29 is 9.59 Å². The summed E-state index contributed by atoms with van der Waals surface area (Å²) in [5.74, 6) is 0.819. The monoisotopic (exact) mass is 321 g/mol. The molecule has 1 saturated heterocycles. The van der Waals surface area contributed by atoms with E-state index in [2.05, 4.69) is 5.32 Å². The molecule has 2 amide bonds. The van der Waals surface area contributed by atoms with E-state index in [1.54, 1.807) is 16.7 Å². The highest BCUT2D eigenvalue weighted by Gasteiger charge is 2.20. The van der Waals surface area contributed by atoms with E-state index in [4.69, 9.17) is 5.73 Å². The first-order chi connectivity index (χ1) is 10.6. The Bertz CT molecular complexity index is 536. The van der Waals surface area contributed by atoms with Crippen LogP contribution in [-0.2, 0) is 9.59 Å². The summed E-state index contributed by atoms with van der Waals surface area (Å²) in [6.45, 7) is 0.740. The van der Waals surface area contributed by atoms with E-state index in [-0.39, 0.29) is 11.8 Å². The van der Waals surface area contributed by atoms with E-state index in [9.17, 15) is 9.59 Å². The predicted molar refractivity (Wildman–Crippen MR) is 92.3 cm³/mol. The van der Waals surface area contributed by atoms with Gasteiger partial charge in [0.1, 0.15) is 0 Å². The number of carbonyl (C=O) groups excluding carboxylic acids is 2. The number of thioether (sulfide) groups is 1. The topological polar surface area (TPSA) is 75.4 Å². The van der Waals surface area contributed by atoms with Crippen molar-refractivity contribution in [3.05, 3.63) is 24.3 Å². The summed E-state index contributed by atoms with van der Waals surface area (Å²) in [5.41, 5.74) is 7.38. The zero-order chi connectivity index (χ0) is 15.9. The van der Waals surface area contributed by atoms with Crippen molar-refractivity contribution in [2.24, 2.45) is 5.73 Å². The minimum atomic E-state index is -0.507. The zero-order valence-electron chi connectivity index (χ0n) is 12.9.